The Morgan fingerprint density at radius 1 is 1.13 bits per heavy atom. The number of halogens is 2. The zero-order valence-corrected chi connectivity index (χ0v) is 17.4. The zero-order chi connectivity index (χ0) is 22.0. The van der Waals surface area contributed by atoms with E-state index in [0.717, 1.165) is 23.4 Å². The van der Waals surface area contributed by atoms with Crippen molar-refractivity contribution >= 4 is 34.0 Å². The Morgan fingerprint density at radius 2 is 1.97 bits per heavy atom. The Morgan fingerprint density at radius 3 is 2.71 bits per heavy atom. The topological polar surface area (TPSA) is 80.3 Å². The van der Waals surface area contributed by atoms with E-state index in [-0.39, 0.29) is 5.91 Å². The first-order chi connectivity index (χ1) is 14.9. The van der Waals surface area contributed by atoms with E-state index < -0.39 is 23.6 Å². The molecule has 1 aliphatic heterocycles. The highest BCUT2D eigenvalue weighted by Gasteiger charge is 2.23. The van der Waals surface area contributed by atoms with Crippen LogP contribution in [-0.4, -0.2) is 29.5 Å². The molecule has 0 saturated carbocycles. The zero-order valence-electron chi connectivity index (χ0n) is 16.6. The van der Waals surface area contributed by atoms with Gasteiger partial charge in [0.1, 0.15) is 6.10 Å². The van der Waals surface area contributed by atoms with Crippen LogP contribution in [-0.2, 0) is 9.53 Å². The molecule has 3 aromatic rings. The molecule has 0 bridgehead atoms. The molecular formula is C22H19F2N3O3S. The Bertz CT molecular complexity index is 1140. The number of anilines is 2. The van der Waals surface area contributed by atoms with Crippen LogP contribution < -0.4 is 10.6 Å². The van der Waals surface area contributed by atoms with Gasteiger partial charge in [-0.05, 0) is 56.2 Å². The molecule has 0 aliphatic carbocycles. The number of hydrogen-bond donors (Lipinski definition) is 2. The lowest BCUT2D eigenvalue weighted by Gasteiger charge is -2.11. The number of benzene rings is 2. The molecule has 9 heteroatoms. The number of rotatable bonds is 5. The second-order valence-corrected chi connectivity index (χ2v) is 8.28. The molecule has 2 aromatic carbocycles. The van der Waals surface area contributed by atoms with Crippen LogP contribution in [0.2, 0.25) is 0 Å². The molecule has 31 heavy (non-hydrogen) atoms. The maximum Gasteiger partial charge on any atom is 0.257 e. The summed E-state index contributed by atoms with van der Waals surface area (Å²) >= 11 is 1.23. The van der Waals surface area contributed by atoms with E-state index >= 15 is 0 Å². The molecule has 1 aromatic heterocycles. The smallest absolute Gasteiger partial charge is 0.257 e. The molecule has 1 aliphatic rings. The average molecular weight is 443 g/mol. The third kappa shape index (κ3) is 4.78. The minimum Gasteiger partial charge on any atom is -0.368 e. The van der Waals surface area contributed by atoms with Gasteiger partial charge in [0.25, 0.3) is 11.8 Å². The van der Waals surface area contributed by atoms with E-state index in [1.807, 2.05) is 0 Å². The molecule has 0 radical (unpaired) electrons. The molecule has 1 saturated heterocycles. The van der Waals surface area contributed by atoms with Crippen LogP contribution >= 0.6 is 11.3 Å². The number of ether oxygens (including phenoxy) is 1. The van der Waals surface area contributed by atoms with E-state index in [1.165, 1.54) is 17.4 Å². The third-order valence-corrected chi connectivity index (χ3v) is 5.71. The second kappa shape index (κ2) is 8.91. The van der Waals surface area contributed by atoms with Crippen molar-refractivity contribution in [3.8, 4) is 11.3 Å². The number of nitrogens with zero attached hydrogens (tertiary/aromatic N) is 1. The molecule has 0 spiro atoms. The van der Waals surface area contributed by atoms with Crippen molar-refractivity contribution in [2.45, 2.75) is 25.9 Å². The molecular weight excluding hydrogens is 424 g/mol. The number of carbonyl (C=O) groups excluding carboxylic acids is 2. The summed E-state index contributed by atoms with van der Waals surface area (Å²) in [6, 6.07) is 10.1. The molecule has 1 atom stereocenters. The lowest BCUT2D eigenvalue weighted by atomic mass is 10.1. The SMILES string of the molecule is Cc1sc(NC(=O)c2cccc(NC(=O)[C@H]3CCCO3)c2)nc1-c1ccc(F)c(F)c1. The summed E-state index contributed by atoms with van der Waals surface area (Å²) < 4.78 is 32.1. The molecule has 4 rings (SSSR count). The quantitative estimate of drug-likeness (QED) is 0.596. The summed E-state index contributed by atoms with van der Waals surface area (Å²) in [7, 11) is 0. The van der Waals surface area contributed by atoms with Gasteiger partial charge in [-0.15, -0.1) is 11.3 Å². The minimum atomic E-state index is -0.961. The van der Waals surface area contributed by atoms with Gasteiger partial charge in [-0.2, -0.15) is 0 Å². The van der Waals surface area contributed by atoms with Gasteiger partial charge in [0, 0.05) is 28.3 Å². The van der Waals surface area contributed by atoms with Crippen LogP contribution in [0.25, 0.3) is 11.3 Å². The first-order valence-electron chi connectivity index (χ1n) is 9.67. The van der Waals surface area contributed by atoms with Crippen molar-refractivity contribution in [1.29, 1.82) is 0 Å². The normalized spacial score (nSPS) is 15.6. The average Bonchev–Trinajstić information content (AvgIpc) is 3.40. The molecule has 0 unspecified atom stereocenters. The fraction of sp³-hybridized carbons (Fsp3) is 0.227. The van der Waals surface area contributed by atoms with Gasteiger partial charge < -0.3 is 10.1 Å². The number of amides is 2. The van der Waals surface area contributed by atoms with Crippen LogP contribution in [0, 0.1) is 18.6 Å². The summed E-state index contributed by atoms with van der Waals surface area (Å²) in [5.41, 5.74) is 1.72. The number of nitrogens with one attached hydrogen (secondary N) is 2. The van der Waals surface area contributed by atoms with Crippen LogP contribution in [0.5, 0.6) is 0 Å². The fourth-order valence-electron chi connectivity index (χ4n) is 3.28. The van der Waals surface area contributed by atoms with Crippen LogP contribution in [0.15, 0.2) is 42.5 Å². The number of aromatic nitrogens is 1. The lowest BCUT2D eigenvalue weighted by molar-refractivity contribution is -0.124. The van der Waals surface area contributed by atoms with E-state index in [1.54, 1.807) is 31.2 Å². The number of aryl methyl sites for hydroxylation is 1. The van der Waals surface area contributed by atoms with Crippen molar-refractivity contribution in [2.24, 2.45) is 0 Å². The van der Waals surface area contributed by atoms with Gasteiger partial charge in [-0.1, -0.05) is 6.07 Å². The Kier molecular flexibility index (Phi) is 6.06. The van der Waals surface area contributed by atoms with Gasteiger partial charge in [0.2, 0.25) is 0 Å². The van der Waals surface area contributed by atoms with Gasteiger partial charge in [0.15, 0.2) is 16.8 Å². The number of thiazole rings is 1. The number of hydrogen-bond acceptors (Lipinski definition) is 5. The van der Waals surface area contributed by atoms with Crippen molar-refractivity contribution in [2.75, 3.05) is 17.2 Å². The molecule has 2 heterocycles. The van der Waals surface area contributed by atoms with Crippen LogP contribution in [0.1, 0.15) is 28.1 Å². The Hall–Kier alpha value is -3.17. The first kappa shape index (κ1) is 21.1. The summed E-state index contributed by atoms with van der Waals surface area (Å²) in [5, 5.41) is 5.81. The van der Waals surface area contributed by atoms with Gasteiger partial charge >= 0.3 is 0 Å². The molecule has 2 N–H and O–H groups in total. The number of carbonyl (C=O) groups is 2. The fourth-order valence-corrected chi connectivity index (χ4v) is 4.11. The maximum absolute atomic E-state index is 13.6. The largest absolute Gasteiger partial charge is 0.368 e. The second-order valence-electron chi connectivity index (χ2n) is 7.08. The molecule has 6 nitrogen and oxygen atoms in total. The molecule has 2 amide bonds. The van der Waals surface area contributed by atoms with Crippen molar-refractivity contribution in [3.63, 3.8) is 0 Å². The van der Waals surface area contributed by atoms with E-state index in [9.17, 15) is 18.4 Å². The highest BCUT2D eigenvalue weighted by molar-refractivity contribution is 7.16. The lowest BCUT2D eigenvalue weighted by Crippen LogP contribution is -2.27. The van der Waals surface area contributed by atoms with Crippen molar-refractivity contribution in [1.82, 2.24) is 4.98 Å². The highest BCUT2D eigenvalue weighted by Crippen LogP contribution is 2.31. The van der Waals surface area contributed by atoms with Gasteiger partial charge in [-0.3, -0.25) is 14.9 Å². The molecule has 1 fully saturated rings. The van der Waals surface area contributed by atoms with E-state index in [4.69, 9.17) is 4.74 Å². The van der Waals surface area contributed by atoms with E-state index in [0.29, 0.717) is 40.7 Å². The Balaban J connectivity index is 1.47. The van der Waals surface area contributed by atoms with E-state index in [2.05, 4.69) is 15.6 Å². The summed E-state index contributed by atoms with van der Waals surface area (Å²) in [4.78, 5) is 30.0. The van der Waals surface area contributed by atoms with Crippen LogP contribution in [0.4, 0.5) is 19.6 Å². The highest BCUT2D eigenvalue weighted by atomic mass is 32.1. The maximum atomic E-state index is 13.6. The summed E-state index contributed by atoms with van der Waals surface area (Å²) in [6.45, 7) is 2.35. The summed E-state index contributed by atoms with van der Waals surface area (Å²) in [5.74, 6) is -2.53. The Labute approximate surface area is 181 Å². The third-order valence-electron chi connectivity index (χ3n) is 4.82. The molecule has 160 valence electrons. The predicted molar refractivity (Wildman–Crippen MR) is 114 cm³/mol. The van der Waals surface area contributed by atoms with Gasteiger partial charge in [0.05, 0.1) is 5.69 Å². The minimum absolute atomic E-state index is 0.234. The van der Waals surface area contributed by atoms with Crippen LogP contribution in [0.3, 0.4) is 0 Å². The van der Waals surface area contributed by atoms with Gasteiger partial charge in [-0.25, -0.2) is 13.8 Å². The van der Waals surface area contributed by atoms with Crippen molar-refractivity contribution < 1.29 is 23.1 Å². The predicted octanol–water partition coefficient (Wildman–Crippen LogP) is 4.77. The monoisotopic (exact) mass is 443 g/mol. The first-order valence-corrected chi connectivity index (χ1v) is 10.5. The standard InChI is InChI=1S/C22H19F2N3O3S/c1-12-19(13-7-8-16(23)17(24)11-13)26-22(31-12)27-20(28)14-4-2-5-15(10-14)25-21(29)18-6-3-9-30-18/h2,4-5,7-8,10-11,18H,3,6,9H2,1H3,(H,25,29)(H,26,27,28)/t18-/m1/s1. The van der Waals surface area contributed by atoms with Crippen molar-refractivity contribution in [3.05, 3.63) is 64.5 Å². The summed E-state index contributed by atoms with van der Waals surface area (Å²) in [6.07, 6.45) is 1.06.